The first kappa shape index (κ1) is 15.9. The third-order valence-electron chi connectivity index (χ3n) is 4.63. The van der Waals surface area contributed by atoms with Crippen molar-refractivity contribution in [1.82, 2.24) is 9.80 Å². The molecule has 2 saturated heterocycles. The average molecular weight is 256 g/mol. The summed E-state index contributed by atoms with van der Waals surface area (Å²) in [6, 6.07) is 0. The highest BCUT2D eigenvalue weighted by Crippen LogP contribution is 2.36. The first-order valence-corrected chi connectivity index (χ1v) is 7.26. The summed E-state index contributed by atoms with van der Waals surface area (Å²) in [6.07, 6.45) is 4.06. The normalized spacial score (nSPS) is 28.3. The lowest BCUT2D eigenvalue weighted by molar-refractivity contribution is -0.00199. The van der Waals surface area contributed by atoms with Crippen LogP contribution in [-0.4, -0.2) is 61.3 Å². The fourth-order valence-corrected chi connectivity index (χ4v) is 2.76. The van der Waals surface area contributed by atoms with Gasteiger partial charge in [-0.05, 0) is 61.1 Å². The van der Waals surface area contributed by atoms with Gasteiger partial charge in [0.25, 0.3) is 0 Å². The lowest BCUT2D eigenvalue weighted by Crippen LogP contribution is -2.56. The summed E-state index contributed by atoms with van der Waals surface area (Å²) in [4.78, 5) is 4.78. The SMILES string of the molecule is CN1C(C)(C)CCCC1(C)C.CN1CCOCC1. The Morgan fingerprint density at radius 1 is 0.833 bits per heavy atom. The number of morpholine rings is 1. The highest BCUT2D eigenvalue weighted by molar-refractivity contribution is 4.94. The van der Waals surface area contributed by atoms with E-state index in [2.05, 4.69) is 51.6 Å². The maximum absolute atomic E-state index is 5.10. The number of likely N-dealkylation sites (N-methyl/N-ethyl adjacent to an activating group) is 1. The van der Waals surface area contributed by atoms with Gasteiger partial charge in [0.2, 0.25) is 0 Å². The van der Waals surface area contributed by atoms with Gasteiger partial charge in [0.05, 0.1) is 13.2 Å². The fourth-order valence-electron chi connectivity index (χ4n) is 2.76. The van der Waals surface area contributed by atoms with Crippen LogP contribution < -0.4 is 0 Å². The maximum Gasteiger partial charge on any atom is 0.0594 e. The Morgan fingerprint density at radius 3 is 1.56 bits per heavy atom. The topological polar surface area (TPSA) is 15.7 Å². The average Bonchev–Trinajstić information content (AvgIpc) is 2.27. The fraction of sp³-hybridized carbons (Fsp3) is 1.00. The van der Waals surface area contributed by atoms with Gasteiger partial charge in [-0.2, -0.15) is 0 Å². The number of piperidine rings is 1. The van der Waals surface area contributed by atoms with Gasteiger partial charge < -0.3 is 9.64 Å². The van der Waals surface area contributed by atoms with Crippen LogP contribution in [0.25, 0.3) is 0 Å². The quantitative estimate of drug-likeness (QED) is 0.662. The minimum absolute atomic E-state index is 0.405. The zero-order valence-corrected chi connectivity index (χ0v) is 13.3. The molecule has 0 aromatic rings. The monoisotopic (exact) mass is 256 g/mol. The number of likely N-dealkylation sites (tertiary alicyclic amines) is 1. The number of rotatable bonds is 0. The summed E-state index contributed by atoms with van der Waals surface area (Å²) in [5.74, 6) is 0. The van der Waals surface area contributed by atoms with Gasteiger partial charge in [-0.3, -0.25) is 4.90 Å². The largest absolute Gasteiger partial charge is 0.379 e. The van der Waals surface area contributed by atoms with Crippen molar-refractivity contribution in [2.24, 2.45) is 0 Å². The van der Waals surface area contributed by atoms with E-state index in [0.29, 0.717) is 11.1 Å². The molecule has 0 aromatic heterocycles. The van der Waals surface area contributed by atoms with Gasteiger partial charge in [-0.25, -0.2) is 0 Å². The molecule has 108 valence electrons. The molecule has 0 unspecified atom stereocenters. The van der Waals surface area contributed by atoms with Gasteiger partial charge in [0.1, 0.15) is 0 Å². The van der Waals surface area contributed by atoms with Crippen LogP contribution in [0.4, 0.5) is 0 Å². The van der Waals surface area contributed by atoms with E-state index >= 15 is 0 Å². The van der Waals surface area contributed by atoms with Crippen LogP contribution in [-0.2, 0) is 4.74 Å². The molecule has 0 bridgehead atoms. The molecule has 2 aliphatic rings. The summed E-state index contributed by atoms with van der Waals surface area (Å²) in [7, 11) is 4.36. The molecule has 2 fully saturated rings. The number of nitrogens with zero attached hydrogens (tertiary/aromatic N) is 2. The predicted octanol–water partition coefficient (Wildman–Crippen LogP) is 2.61. The van der Waals surface area contributed by atoms with Crippen LogP contribution in [0.15, 0.2) is 0 Å². The molecule has 3 nitrogen and oxygen atoms in total. The second kappa shape index (κ2) is 6.36. The first-order valence-electron chi connectivity index (χ1n) is 7.26. The minimum Gasteiger partial charge on any atom is -0.379 e. The van der Waals surface area contributed by atoms with Crippen molar-refractivity contribution in [3.05, 3.63) is 0 Å². The molecule has 0 saturated carbocycles. The summed E-state index contributed by atoms with van der Waals surface area (Å²) >= 11 is 0. The minimum atomic E-state index is 0.405. The summed E-state index contributed by atoms with van der Waals surface area (Å²) in [5, 5.41) is 0. The van der Waals surface area contributed by atoms with Crippen LogP contribution in [0.3, 0.4) is 0 Å². The smallest absolute Gasteiger partial charge is 0.0594 e. The highest BCUT2D eigenvalue weighted by atomic mass is 16.5. The van der Waals surface area contributed by atoms with Crippen molar-refractivity contribution in [1.29, 1.82) is 0 Å². The van der Waals surface area contributed by atoms with E-state index in [1.807, 2.05) is 0 Å². The van der Waals surface area contributed by atoms with Crippen molar-refractivity contribution in [2.75, 3.05) is 40.4 Å². The molecule has 2 rings (SSSR count). The molecule has 0 amide bonds. The molecule has 0 spiro atoms. The Balaban J connectivity index is 0.000000199. The summed E-state index contributed by atoms with van der Waals surface area (Å²) in [5.41, 5.74) is 0.809. The lowest BCUT2D eigenvalue weighted by atomic mass is 9.80. The Kier molecular flexibility index (Phi) is 5.63. The number of ether oxygens (including phenoxy) is 1. The van der Waals surface area contributed by atoms with E-state index in [9.17, 15) is 0 Å². The molecule has 0 N–H and O–H groups in total. The predicted molar refractivity (Wildman–Crippen MR) is 78.1 cm³/mol. The maximum atomic E-state index is 5.10. The molecular weight excluding hydrogens is 224 g/mol. The zero-order valence-electron chi connectivity index (χ0n) is 13.3. The Hall–Kier alpha value is -0.120. The highest BCUT2D eigenvalue weighted by Gasteiger charge is 2.37. The standard InChI is InChI=1S/C10H21N.C5H11NO/c1-9(2)7-6-8-10(3,4)11(9)5;1-6-2-4-7-5-3-6/h6-8H2,1-5H3;2-5H2,1H3. The van der Waals surface area contributed by atoms with Crippen molar-refractivity contribution in [3.63, 3.8) is 0 Å². The van der Waals surface area contributed by atoms with Gasteiger partial charge in [-0.1, -0.05) is 0 Å². The van der Waals surface area contributed by atoms with Crippen LogP contribution in [0.5, 0.6) is 0 Å². The molecule has 0 aromatic carbocycles. The van der Waals surface area contributed by atoms with Crippen LogP contribution in [0.1, 0.15) is 47.0 Å². The van der Waals surface area contributed by atoms with E-state index in [1.54, 1.807) is 0 Å². The van der Waals surface area contributed by atoms with Gasteiger partial charge in [0.15, 0.2) is 0 Å². The summed E-state index contributed by atoms with van der Waals surface area (Å²) in [6.45, 7) is 13.4. The van der Waals surface area contributed by atoms with Crippen molar-refractivity contribution >= 4 is 0 Å². The van der Waals surface area contributed by atoms with Gasteiger partial charge in [0, 0.05) is 24.2 Å². The summed E-state index contributed by atoms with van der Waals surface area (Å²) < 4.78 is 5.10. The lowest BCUT2D eigenvalue weighted by Gasteiger charge is -2.50. The molecule has 0 aliphatic carbocycles. The Morgan fingerprint density at radius 2 is 1.28 bits per heavy atom. The molecule has 2 heterocycles. The van der Waals surface area contributed by atoms with Crippen LogP contribution >= 0.6 is 0 Å². The zero-order chi connectivity index (χ0) is 13.8. The van der Waals surface area contributed by atoms with Gasteiger partial charge >= 0.3 is 0 Å². The third-order valence-corrected chi connectivity index (χ3v) is 4.63. The number of hydrogen-bond acceptors (Lipinski definition) is 3. The first-order chi connectivity index (χ1) is 8.26. The number of hydrogen-bond donors (Lipinski definition) is 0. The van der Waals surface area contributed by atoms with Crippen LogP contribution in [0.2, 0.25) is 0 Å². The van der Waals surface area contributed by atoms with Crippen molar-refractivity contribution in [3.8, 4) is 0 Å². The van der Waals surface area contributed by atoms with Crippen molar-refractivity contribution < 1.29 is 4.74 Å². The second-order valence-corrected chi connectivity index (χ2v) is 6.95. The van der Waals surface area contributed by atoms with Crippen LogP contribution in [0, 0.1) is 0 Å². The van der Waals surface area contributed by atoms with Crippen molar-refractivity contribution in [2.45, 2.75) is 58.0 Å². The Labute approximate surface area is 113 Å². The molecule has 18 heavy (non-hydrogen) atoms. The molecule has 0 radical (unpaired) electrons. The van der Waals surface area contributed by atoms with E-state index in [1.165, 1.54) is 19.3 Å². The molecule has 3 heteroatoms. The second-order valence-electron chi connectivity index (χ2n) is 6.95. The molecule has 0 atom stereocenters. The van der Waals surface area contributed by atoms with E-state index in [4.69, 9.17) is 4.74 Å². The Bertz CT molecular complexity index is 229. The van der Waals surface area contributed by atoms with E-state index in [0.717, 1.165) is 26.3 Å². The van der Waals surface area contributed by atoms with E-state index < -0.39 is 0 Å². The molecular formula is C15H32N2O. The van der Waals surface area contributed by atoms with Gasteiger partial charge in [-0.15, -0.1) is 0 Å². The third kappa shape index (κ3) is 4.52. The van der Waals surface area contributed by atoms with E-state index in [-0.39, 0.29) is 0 Å². The molecule has 2 aliphatic heterocycles.